The lowest BCUT2D eigenvalue weighted by Crippen LogP contribution is -2.22. The lowest BCUT2D eigenvalue weighted by Gasteiger charge is -2.04. The minimum absolute atomic E-state index is 0.456. The number of methoxy groups -OCH3 is 1. The monoisotopic (exact) mass is 169 g/mol. The van der Waals surface area contributed by atoms with Gasteiger partial charge in [0.05, 0.1) is 13.3 Å². The third kappa shape index (κ3) is 1.62. The highest BCUT2D eigenvalue weighted by Crippen LogP contribution is 2.09. The van der Waals surface area contributed by atoms with Gasteiger partial charge in [0.2, 0.25) is 0 Å². The summed E-state index contributed by atoms with van der Waals surface area (Å²) in [6.45, 7) is 0. The van der Waals surface area contributed by atoms with Crippen molar-refractivity contribution >= 4 is 5.97 Å². The summed E-state index contributed by atoms with van der Waals surface area (Å²) in [5.74, 6) is -0.456. The van der Waals surface area contributed by atoms with Crippen LogP contribution in [0.25, 0.3) is 0 Å². The number of aryl methyl sites for hydroxylation is 1. The van der Waals surface area contributed by atoms with E-state index in [0.29, 0.717) is 5.56 Å². The van der Waals surface area contributed by atoms with Crippen LogP contribution in [-0.2, 0) is 16.6 Å². The van der Waals surface area contributed by atoms with Crippen molar-refractivity contribution in [1.29, 1.82) is 0 Å². The molecule has 1 rings (SSSR count). The summed E-state index contributed by atoms with van der Waals surface area (Å²) in [6, 6.07) is -0.733. The fraction of sp³-hybridized carbons (Fsp3) is 0.429. The first-order chi connectivity index (χ1) is 5.65. The van der Waals surface area contributed by atoms with Crippen molar-refractivity contribution in [3.8, 4) is 0 Å². The van der Waals surface area contributed by atoms with Crippen LogP contribution in [-0.4, -0.2) is 22.9 Å². The standard InChI is InChI=1S/C7H11N3O2/c1-10-4-5(3-9-10)6(8)7(11)12-2/h3-4,6H,8H2,1-2H3. The van der Waals surface area contributed by atoms with Crippen molar-refractivity contribution in [3.63, 3.8) is 0 Å². The first-order valence-electron chi connectivity index (χ1n) is 3.47. The fourth-order valence-electron chi connectivity index (χ4n) is 0.864. The minimum atomic E-state index is -0.733. The molecule has 0 spiro atoms. The molecule has 1 heterocycles. The van der Waals surface area contributed by atoms with Crippen molar-refractivity contribution < 1.29 is 9.53 Å². The maximum absolute atomic E-state index is 10.9. The van der Waals surface area contributed by atoms with E-state index in [1.165, 1.54) is 7.11 Å². The second-order valence-corrected chi connectivity index (χ2v) is 2.45. The van der Waals surface area contributed by atoms with Crippen LogP contribution >= 0.6 is 0 Å². The summed E-state index contributed by atoms with van der Waals surface area (Å²) in [4.78, 5) is 10.9. The van der Waals surface area contributed by atoms with E-state index in [4.69, 9.17) is 5.73 Å². The Balaban J connectivity index is 2.77. The van der Waals surface area contributed by atoms with Crippen LogP contribution in [0.1, 0.15) is 11.6 Å². The molecule has 1 unspecified atom stereocenters. The molecule has 5 heteroatoms. The molecular formula is C7H11N3O2. The Morgan fingerprint density at radius 3 is 2.92 bits per heavy atom. The molecular weight excluding hydrogens is 158 g/mol. The van der Waals surface area contributed by atoms with Crippen LogP contribution in [0, 0.1) is 0 Å². The van der Waals surface area contributed by atoms with Crippen LogP contribution < -0.4 is 5.73 Å². The first-order valence-corrected chi connectivity index (χ1v) is 3.47. The van der Waals surface area contributed by atoms with E-state index in [1.807, 2.05) is 0 Å². The number of hydrogen-bond donors (Lipinski definition) is 1. The van der Waals surface area contributed by atoms with E-state index in [9.17, 15) is 4.79 Å². The van der Waals surface area contributed by atoms with Gasteiger partial charge in [0, 0.05) is 18.8 Å². The molecule has 0 aliphatic heterocycles. The average Bonchev–Trinajstić information content (AvgIpc) is 2.49. The van der Waals surface area contributed by atoms with Crippen LogP contribution in [0.3, 0.4) is 0 Å². The first kappa shape index (κ1) is 8.73. The largest absolute Gasteiger partial charge is 0.468 e. The van der Waals surface area contributed by atoms with Crippen LogP contribution in [0.4, 0.5) is 0 Å². The van der Waals surface area contributed by atoms with Gasteiger partial charge in [0.25, 0.3) is 0 Å². The van der Waals surface area contributed by atoms with E-state index in [-0.39, 0.29) is 0 Å². The van der Waals surface area contributed by atoms with Gasteiger partial charge in [-0.05, 0) is 0 Å². The van der Waals surface area contributed by atoms with E-state index >= 15 is 0 Å². The molecule has 0 aliphatic carbocycles. The van der Waals surface area contributed by atoms with Gasteiger partial charge in [0.15, 0.2) is 0 Å². The molecule has 0 amide bonds. The molecule has 12 heavy (non-hydrogen) atoms. The smallest absolute Gasteiger partial charge is 0.327 e. The SMILES string of the molecule is COC(=O)C(N)c1cnn(C)c1. The van der Waals surface area contributed by atoms with Gasteiger partial charge in [-0.3, -0.25) is 9.48 Å². The molecule has 0 radical (unpaired) electrons. The molecule has 1 aromatic heterocycles. The second kappa shape index (κ2) is 3.36. The maximum atomic E-state index is 10.9. The highest BCUT2D eigenvalue weighted by Gasteiger charge is 2.16. The number of esters is 1. The maximum Gasteiger partial charge on any atom is 0.327 e. The quantitative estimate of drug-likeness (QED) is 0.611. The summed E-state index contributed by atoms with van der Waals surface area (Å²) < 4.78 is 6.06. The van der Waals surface area contributed by atoms with Crippen molar-refractivity contribution in [3.05, 3.63) is 18.0 Å². The predicted octanol–water partition coefficient (Wildman–Crippen LogP) is -0.407. The molecule has 0 aromatic carbocycles. The minimum Gasteiger partial charge on any atom is -0.468 e. The zero-order chi connectivity index (χ0) is 9.14. The number of carbonyl (C=O) groups excluding carboxylic acids is 1. The second-order valence-electron chi connectivity index (χ2n) is 2.45. The van der Waals surface area contributed by atoms with Crippen molar-refractivity contribution in [1.82, 2.24) is 9.78 Å². The van der Waals surface area contributed by atoms with E-state index in [2.05, 4.69) is 9.84 Å². The lowest BCUT2D eigenvalue weighted by atomic mass is 10.2. The zero-order valence-corrected chi connectivity index (χ0v) is 7.02. The average molecular weight is 169 g/mol. The summed E-state index contributed by atoms with van der Waals surface area (Å²) in [6.07, 6.45) is 3.23. The molecule has 0 saturated heterocycles. The van der Waals surface area contributed by atoms with E-state index in [0.717, 1.165) is 0 Å². The molecule has 66 valence electrons. The number of rotatable bonds is 2. The van der Waals surface area contributed by atoms with Gasteiger partial charge in [-0.15, -0.1) is 0 Å². The number of nitrogens with zero attached hydrogens (tertiary/aromatic N) is 2. The van der Waals surface area contributed by atoms with Crippen LogP contribution in [0.5, 0.6) is 0 Å². The zero-order valence-electron chi connectivity index (χ0n) is 7.02. The highest BCUT2D eigenvalue weighted by molar-refractivity contribution is 5.76. The van der Waals surface area contributed by atoms with Crippen LogP contribution in [0.15, 0.2) is 12.4 Å². The Hall–Kier alpha value is -1.36. The predicted molar refractivity (Wildman–Crippen MR) is 42.2 cm³/mol. The van der Waals surface area contributed by atoms with Gasteiger partial charge in [-0.1, -0.05) is 0 Å². The molecule has 1 atom stereocenters. The molecule has 2 N–H and O–H groups in total. The van der Waals surface area contributed by atoms with Crippen molar-refractivity contribution in [2.24, 2.45) is 12.8 Å². The third-order valence-electron chi connectivity index (χ3n) is 1.54. The topological polar surface area (TPSA) is 70.1 Å². The number of aromatic nitrogens is 2. The number of ether oxygens (including phenoxy) is 1. The van der Waals surface area contributed by atoms with Crippen LogP contribution in [0.2, 0.25) is 0 Å². The van der Waals surface area contributed by atoms with Gasteiger partial charge in [0.1, 0.15) is 6.04 Å². The summed E-state index contributed by atoms with van der Waals surface area (Å²) in [5, 5.41) is 3.88. The van der Waals surface area contributed by atoms with Gasteiger partial charge < -0.3 is 10.5 Å². The van der Waals surface area contributed by atoms with Crippen molar-refractivity contribution in [2.45, 2.75) is 6.04 Å². The molecule has 5 nitrogen and oxygen atoms in total. The van der Waals surface area contributed by atoms with Gasteiger partial charge >= 0.3 is 5.97 Å². The normalized spacial score (nSPS) is 12.6. The lowest BCUT2D eigenvalue weighted by molar-refractivity contribution is -0.142. The Kier molecular flexibility index (Phi) is 2.44. The number of carbonyl (C=O) groups is 1. The summed E-state index contributed by atoms with van der Waals surface area (Å²) in [7, 11) is 3.06. The molecule has 0 aliphatic rings. The number of nitrogens with two attached hydrogens (primary N) is 1. The Labute approximate surface area is 70.1 Å². The van der Waals surface area contributed by atoms with E-state index < -0.39 is 12.0 Å². The van der Waals surface area contributed by atoms with Gasteiger partial charge in [-0.25, -0.2) is 0 Å². The molecule has 0 bridgehead atoms. The number of hydrogen-bond acceptors (Lipinski definition) is 4. The summed E-state index contributed by atoms with van der Waals surface area (Å²) >= 11 is 0. The Morgan fingerprint density at radius 2 is 2.50 bits per heavy atom. The highest BCUT2D eigenvalue weighted by atomic mass is 16.5. The molecule has 0 fully saturated rings. The summed E-state index contributed by atoms with van der Waals surface area (Å²) in [5.41, 5.74) is 6.19. The molecule has 0 saturated carbocycles. The Bertz CT molecular complexity index is 282. The van der Waals surface area contributed by atoms with E-state index in [1.54, 1.807) is 24.1 Å². The van der Waals surface area contributed by atoms with Crippen molar-refractivity contribution in [2.75, 3.05) is 7.11 Å². The Morgan fingerprint density at radius 1 is 1.83 bits per heavy atom. The molecule has 1 aromatic rings. The van der Waals surface area contributed by atoms with Gasteiger partial charge in [-0.2, -0.15) is 5.10 Å². The fourth-order valence-corrected chi connectivity index (χ4v) is 0.864. The third-order valence-corrected chi connectivity index (χ3v) is 1.54.